The van der Waals surface area contributed by atoms with Crippen LogP contribution in [0.5, 0.6) is 0 Å². The first-order valence-corrected chi connectivity index (χ1v) is 4.63. The van der Waals surface area contributed by atoms with Crippen LogP contribution in [0.25, 0.3) is 10.9 Å². The van der Waals surface area contributed by atoms with Crippen molar-refractivity contribution in [1.82, 2.24) is 4.98 Å². The Kier molecular flexibility index (Phi) is 2.63. The zero-order chi connectivity index (χ0) is 12.6. The lowest BCUT2D eigenvalue weighted by molar-refractivity contribution is 0.0594. The molecule has 0 bridgehead atoms. The van der Waals surface area contributed by atoms with Crippen LogP contribution in [-0.2, 0) is 4.74 Å². The van der Waals surface area contributed by atoms with Gasteiger partial charge in [0.15, 0.2) is 5.43 Å². The average molecular weight is 239 g/mol. The van der Waals surface area contributed by atoms with E-state index in [1.807, 2.05) is 0 Å². The molecule has 0 atom stereocenters. The van der Waals surface area contributed by atoms with Crippen molar-refractivity contribution >= 4 is 16.9 Å². The van der Waals surface area contributed by atoms with Gasteiger partial charge in [-0.1, -0.05) is 0 Å². The summed E-state index contributed by atoms with van der Waals surface area (Å²) in [6.45, 7) is 0. The molecule has 1 heterocycles. The van der Waals surface area contributed by atoms with Crippen LogP contribution in [-0.4, -0.2) is 18.1 Å². The van der Waals surface area contributed by atoms with Crippen molar-refractivity contribution < 1.29 is 18.3 Å². The number of aromatic nitrogens is 1. The van der Waals surface area contributed by atoms with E-state index >= 15 is 0 Å². The molecule has 0 aliphatic carbocycles. The topological polar surface area (TPSA) is 59.2 Å². The zero-order valence-corrected chi connectivity index (χ0v) is 8.71. The molecule has 0 unspecified atom stereocenters. The molecular weight excluding hydrogens is 232 g/mol. The summed E-state index contributed by atoms with van der Waals surface area (Å²) in [7, 11) is 1.13. The lowest BCUT2D eigenvalue weighted by Crippen LogP contribution is -2.12. The van der Waals surface area contributed by atoms with Gasteiger partial charge in [0, 0.05) is 12.1 Å². The van der Waals surface area contributed by atoms with Crippen LogP contribution in [0.4, 0.5) is 8.78 Å². The first-order valence-electron chi connectivity index (χ1n) is 4.63. The third-order valence-electron chi connectivity index (χ3n) is 2.26. The fourth-order valence-corrected chi connectivity index (χ4v) is 1.49. The number of methoxy groups -OCH3 is 1. The first-order chi connectivity index (χ1) is 8.02. The fourth-order valence-electron chi connectivity index (χ4n) is 1.49. The summed E-state index contributed by atoms with van der Waals surface area (Å²) in [5.41, 5.74) is -1.06. The molecule has 0 spiro atoms. The van der Waals surface area contributed by atoms with Gasteiger partial charge in [-0.05, 0) is 6.07 Å². The highest BCUT2D eigenvalue weighted by Crippen LogP contribution is 2.15. The lowest BCUT2D eigenvalue weighted by atomic mass is 10.2. The number of aromatic amines is 1. The van der Waals surface area contributed by atoms with Crippen molar-refractivity contribution in [2.75, 3.05) is 7.11 Å². The van der Waals surface area contributed by atoms with Crippen molar-refractivity contribution in [3.63, 3.8) is 0 Å². The van der Waals surface area contributed by atoms with Crippen LogP contribution >= 0.6 is 0 Å². The van der Waals surface area contributed by atoms with Crippen molar-refractivity contribution in [3.05, 3.63) is 45.8 Å². The molecule has 0 radical (unpaired) electrons. The Bertz CT molecular complexity index is 664. The number of halogens is 2. The first kappa shape index (κ1) is 11.3. The van der Waals surface area contributed by atoms with Gasteiger partial charge in [-0.25, -0.2) is 13.6 Å². The molecule has 2 rings (SSSR count). The number of esters is 1. The maximum atomic E-state index is 13.4. The Hall–Kier alpha value is -2.24. The molecule has 0 saturated heterocycles. The molecule has 88 valence electrons. The second-order valence-electron chi connectivity index (χ2n) is 3.35. The Balaban J connectivity index is 2.82. The van der Waals surface area contributed by atoms with Gasteiger partial charge in [-0.15, -0.1) is 0 Å². The molecule has 1 aromatic heterocycles. The van der Waals surface area contributed by atoms with Crippen LogP contribution in [0.3, 0.4) is 0 Å². The highest BCUT2D eigenvalue weighted by Gasteiger charge is 2.13. The van der Waals surface area contributed by atoms with E-state index in [2.05, 4.69) is 9.72 Å². The van der Waals surface area contributed by atoms with E-state index in [1.54, 1.807) is 0 Å². The van der Waals surface area contributed by atoms with Gasteiger partial charge in [-0.2, -0.15) is 0 Å². The molecule has 17 heavy (non-hydrogen) atoms. The Morgan fingerprint density at radius 1 is 1.29 bits per heavy atom. The molecule has 2 aromatic rings. The van der Waals surface area contributed by atoms with Gasteiger partial charge >= 0.3 is 5.97 Å². The minimum Gasteiger partial charge on any atom is -0.464 e. The number of fused-ring (bicyclic) bond motifs is 1. The predicted molar refractivity (Wildman–Crippen MR) is 55.8 cm³/mol. The number of pyridine rings is 1. The third-order valence-corrected chi connectivity index (χ3v) is 2.26. The summed E-state index contributed by atoms with van der Waals surface area (Å²) in [6, 6.07) is 2.46. The lowest BCUT2D eigenvalue weighted by Gasteiger charge is -2.03. The van der Waals surface area contributed by atoms with E-state index in [4.69, 9.17) is 0 Å². The molecule has 1 aromatic carbocycles. The molecule has 0 aliphatic rings. The van der Waals surface area contributed by atoms with Gasteiger partial charge in [-0.3, -0.25) is 4.79 Å². The number of H-pyrrole nitrogens is 1. The van der Waals surface area contributed by atoms with E-state index in [0.29, 0.717) is 6.07 Å². The average Bonchev–Trinajstić information content (AvgIpc) is 2.29. The summed E-state index contributed by atoms with van der Waals surface area (Å²) in [6.07, 6.45) is 0. The Morgan fingerprint density at radius 2 is 2.00 bits per heavy atom. The minimum absolute atomic E-state index is 0.157. The Morgan fingerprint density at radius 3 is 2.65 bits per heavy atom. The van der Waals surface area contributed by atoms with Crippen molar-refractivity contribution in [3.8, 4) is 0 Å². The molecule has 0 fully saturated rings. The van der Waals surface area contributed by atoms with Crippen molar-refractivity contribution in [2.24, 2.45) is 0 Å². The molecule has 4 nitrogen and oxygen atoms in total. The highest BCUT2D eigenvalue weighted by molar-refractivity contribution is 5.91. The quantitative estimate of drug-likeness (QED) is 0.769. The van der Waals surface area contributed by atoms with E-state index in [9.17, 15) is 18.4 Å². The van der Waals surface area contributed by atoms with E-state index < -0.39 is 23.0 Å². The fraction of sp³-hybridized carbons (Fsp3) is 0.0909. The molecule has 1 N–H and O–H groups in total. The molecule has 0 amide bonds. The van der Waals surface area contributed by atoms with Gasteiger partial charge in [0.05, 0.1) is 18.0 Å². The summed E-state index contributed by atoms with van der Waals surface area (Å²) in [5, 5.41) is -0.157. The zero-order valence-electron chi connectivity index (χ0n) is 8.71. The predicted octanol–water partition coefficient (Wildman–Crippen LogP) is 1.59. The summed E-state index contributed by atoms with van der Waals surface area (Å²) >= 11 is 0. The number of hydrogen-bond acceptors (Lipinski definition) is 3. The van der Waals surface area contributed by atoms with Gasteiger partial charge in [0.1, 0.15) is 17.3 Å². The van der Waals surface area contributed by atoms with E-state index in [1.165, 1.54) is 0 Å². The monoisotopic (exact) mass is 239 g/mol. The molecule has 0 saturated carbocycles. The van der Waals surface area contributed by atoms with Crippen LogP contribution in [0.1, 0.15) is 10.5 Å². The number of carbonyl (C=O) groups is 1. The number of ether oxygens (including phenoxy) is 1. The minimum atomic E-state index is -0.942. The van der Waals surface area contributed by atoms with E-state index in [0.717, 1.165) is 19.2 Å². The number of benzene rings is 1. The Labute approximate surface area is 93.8 Å². The largest absolute Gasteiger partial charge is 0.464 e. The SMILES string of the molecule is COC(=O)c1cc(=O)c2cc(F)cc(F)c2[nH]1. The summed E-state index contributed by atoms with van der Waals surface area (Å²) in [5.74, 6) is -2.60. The van der Waals surface area contributed by atoms with Gasteiger partial charge in [0.25, 0.3) is 0 Å². The van der Waals surface area contributed by atoms with Crippen molar-refractivity contribution in [1.29, 1.82) is 0 Å². The van der Waals surface area contributed by atoms with Crippen molar-refractivity contribution in [2.45, 2.75) is 0 Å². The maximum absolute atomic E-state index is 13.4. The van der Waals surface area contributed by atoms with Crippen LogP contribution in [0.15, 0.2) is 23.0 Å². The standard InChI is InChI=1S/C11H7F2NO3/c1-17-11(16)8-4-9(15)6-2-5(12)3-7(13)10(6)14-8/h2-4H,1H3,(H,14,15). The second-order valence-corrected chi connectivity index (χ2v) is 3.35. The van der Waals surface area contributed by atoms with Crippen LogP contribution in [0.2, 0.25) is 0 Å². The smallest absolute Gasteiger partial charge is 0.354 e. The van der Waals surface area contributed by atoms with Gasteiger partial charge in [0.2, 0.25) is 0 Å². The summed E-state index contributed by atoms with van der Waals surface area (Å²) in [4.78, 5) is 25.2. The second kappa shape index (κ2) is 3.97. The number of carbonyl (C=O) groups excluding carboxylic acids is 1. The van der Waals surface area contributed by atoms with Crippen LogP contribution < -0.4 is 5.43 Å². The molecular formula is C11H7F2NO3. The van der Waals surface area contributed by atoms with E-state index in [-0.39, 0.29) is 16.6 Å². The number of rotatable bonds is 1. The summed E-state index contributed by atoms with van der Waals surface area (Å²) < 4.78 is 30.7. The van der Waals surface area contributed by atoms with Gasteiger partial charge < -0.3 is 9.72 Å². The molecule has 6 heteroatoms. The number of hydrogen-bond donors (Lipinski definition) is 1. The third kappa shape index (κ3) is 1.89. The normalized spacial score (nSPS) is 10.5. The van der Waals surface area contributed by atoms with Crippen LogP contribution in [0, 0.1) is 11.6 Å². The maximum Gasteiger partial charge on any atom is 0.354 e. The number of nitrogens with one attached hydrogen (secondary N) is 1. The highest BCUT2D eigenvalue weighted by atomic mass is 19.1. The molecule has 0 aliphatic heterocycles.